The number of hydrogen-bond acceptors (Lipinski definition) is 5. The maximum atomic E-state index is 12.9. The number of anilines is 2. The molecule has 0 saturated carbocycles. The molecule has 5 N–H and O–H groups in total. The Kier molecular flexibility index (Phi) is 8.02. The van der Waals surface area contributed by atoms with E-state index in [9.17, 15) is 14.7 Å². The lowest BCUT2D eigenvalue weighted by Crippen LogP contribution is -2.43. The molecule has 1 unspecified atom stereocenters. The van der Waals surface area contributed by atoms with E-state index in [1.165, 1.54) is 31.5 Å². The lowest BCUT2D eigenvalue weighted by atomic mass is 10.1. The molecule has 158 valence electrons. The molecule has 1 atom stereocenters. The smallest absolute Gasteiger partial charge is 0.302 e. The Labute approximate surface area is 175 Å². The van der Waals surface area contributed by atoms with Crippen molar-refractivity contribution < 1.29 is 19.4 Å². The van der Waals surface area contributed by atoms with Crippen molar-refractivity contribution in [1.82, 2.24) is 9.98 Å². The number of phenols is 1. The third-order valence-corrected chi connectivity index (χ3v) is 4.46. The quantitative estimate of drug-likeness (QED) is 0.217. The summed E-state index contributed by atoms with van der Waals surface area (Å²) in [6.45, 7) is 5.43. The minimum Gasteiger partial charge on any atom is -0.507 e. The van der Waals surface area contributed by atoms with Gasteiger partial charge in [0, 0.05) is 11.4 Å². The molecule has 0 heterocycles. The fraction of sp³-hybridized carbons (Fsp3) is 0.273. The van der Waals surface area contributed by atoms with E-state index in [-0.39, 0.29) is 17.2 Å². The zero-order valence-corrected chi connectivity index (χ0v) is 17.1. The molecule has 0 radical (unpaired) electrons. The van der Waals surface area contributed by atoms with Crippen LogP contribution in [-0.4, -0.2) is 43.0 Å². The Bertz CT molecular complexity index is 968. The zero-order valence-electron chi connectivity index (χ0n) is 17.1. The molecule has 0 spiro atoms. The summed E-state index contributed by atoms with van der Waals surface area (Å²) in [4.78, 5) is 25.5. The first-order valence-corrected chi connectivity index (χ1v) is 9.56. The molecule has 8 nitrogen and oxygen atoms in total. The third-order valence-electron chi connectivity index (χ3n) is 4.46. The van der Waals surface area contributed by atoms with Crippen molar-refractivity contribution in [3.63, 3.8) is 0 Å². The standard InChI is InChI=1S/C22H26N4O4/c1-4-5-6-18(26-21(28)17-12-15(23)7-9-19(17)27)22(29)25-16-8-10-20(30-3)14(11-16)13-24-2/h7-13,18H,2,4-6,23H2,1,3H3,(H2-,25,26,27,28,29)/p+1. The van der Waals surface area contributed by atoms with E-state index < -0.39 is 11.9 Å². The second kappa shape index (κ2) is 10.7. The Balaban J connectivity index is 2.21. The molecule has 30 heavy (non-hydrogen) atoms. The number of carbonyl (C=O) groups excluding carboxylic acids is 2. The molecule has 0 aromatic heterocycles. The molecule has 2 aromatic rings. The van der Waals surface area contributed by atoms with Crippen molar-refractivity contribution in [1.29, 1.82) is 0 Å². The highest BCUT2D eigenvalue weighted by Crippen LogP contribution is 2.22. The largest absolute Gasteiger partial charge is 0.507 e. The summed E-state index contributed by atoms with van der Waals surface area (Å²) >= 11 is 0. The first kappa shape index (κ1) is 22.5. The number of methoxy groups -OCH3 is 1. The number of ether oxygens (including phenoxy) is 1. The number of unbranched alkanes of at least 4 members (excludes halogenated alkanes) is 1. The molecule has 0 aliphatic rings. The number of carbonyl (C=O) groups is 2. The molecule has 0 fully saturated rings. The molecule has 0 bridgehead atoms. The number of benzene rings is 2. The van der Waals surface area contributed by atoms with E-state index in [1.807, 2.05) is 6.92 Å². The van der Waals surface area contributed by atoms with Gasteiger partial charge in [0.2, 0.25) is 5.91 Å². The first-order valence-electron chi connectivity index (χ1n) is 9.56. The van der Waals surface area contributed by atoms with Crippen molar-refractivity contribution in [3.8, 4) is 11.5 Å². The number of amides is 2. The highest BCUT2D eigenvalue weighted by Gasteiger charge is 2.23. The van der Waals surface area contributed by atoms with E-state index in [0.29, 0.717) is 29.1 Å². The fourth-order valence-electron chi connectivity index (χ4n) is 2.89. The lowest BCUT2D eigenvalue weighted by molar-refractivity contribution is -0.118. The van der Waals surface area contributed by atoms with E-state index in [4.69, 9.17) is 10.5 Å². The van der Waals surface area contributed by atoms with Gasteiger partial charge in [0.05, 0.1) is 12.7 Å². The number of phenolic OH excluding ortho intramolecular Hbond substituents is 1. The Morgan fingerprint density at radius 3 is 2.73 bits per heavy atom. The molecule has 8 heteroatoms. The van der Waals surface area contributed by atoms with E-state index in [2.05, 4.69) is 22.0 Å². The second-order valence-corrected chi connectivity index (χ2v) is 6.70. The van der Waals surface area contributed by atoms with Crippen molar-refractivity contribution in [2.24, 2.45) is 0 Å². The van der Waals surface area contributed by atoms with Crippen LogP contribution in [0.5, 0.6) is 11.5 Å². The van der Waals surface area contributed by atoms with Crippen LogP contribution in [0.2, 0.25) is 0 Å². The summed E-state index contributed by atoms with van der Waals surface area (Å²) in [5, 5.41) is 15.4. The monoisotopic (exact) mass is 411 g/mol. The van der Waals surface area contributed by atoms with Crippen LogP contribution in [0.25, 0.3) is 0 Å². The summed E-state index contributed by atoms with van der Waals surface area (Å²) in [5.74, 6) is -0.560. The van der Waals surface area contributed by atoms with Gasteiger partial charge in [0.15, 0.2) is 0 Å². The van der Waals surface area contributed by atoms with E-state index in [1.54, 1.807) is 18.2 Å². The topological polar surface area (TPSA) is 128 Å². The van der Waals surface area contributed by atoms with Gasteiger partial charge in [0.1, 0.15) is 23.1 Å². The maximum absolute atomic E-state index is 12.9. The number of nitrogen functional groups attached to an aromatic ring is 1. The van der Waals surface area contributed by atoms with Crippen LogP contribution in [0.3, 0.4) is 0 Å². The van der Waals surface area contributed by atoms with Gasteiger partial charge in [-0.1, -0.05) is 19.8 Å². The molecule has 0 aliphatic carbocycles. The van der Waals surface area contributed by atoms with Gasteiger partial charge in [-0.2, -0.15) is 0 Å². The number of rotatable bonds is 9. The average Bonchev–Trinajstić information content (AvgIpc) is 2.73. The lowest BCUT2D eigenvalue weighted by Gasteiger charge is -2.19. The summed E-state index contributed by atoms with van der Waals surface area (Å²) in [5.41, 5.74) is 7.24. The summed E-state index contributed by atoms with van der Waals surface area (Å²) in [6, 6.07) is 8.51. The minimum absolute atomic E-state index is 0.0164. The summed E-state index contributed by atoms with van der Waals surface area (Å²) in [6.07, 6.45) is 3.56. The normalized spacial score (nSPS) is 11.1. The number of nitrogens with one attached hydrogen (secondary N) is 2. The average molecular weight is 411 g/mol. The Morgan fingerprint density at radius 1 is 1.30 bits per heavy atom. The number of aromatic hydroxyl groups is 1. The van der Waals surface area contributed by atoms with Crippen LogP contribution in [0.1, 0.15) is 42.1 Å². The first-order chi connectivity index (χ1) is 14.4. The number of nitrogens with zero attached hydrogens (tertiary/aromatic N) is 1. The van der Waals surface area contributed by atoms with E-state index >= 15 is 0 Å². The van der Waals surface area contributed by atoms with Crippen LogP contribution in [0, 0.1) is 0 Å². The van der Waals surface area contributed by atoms with Crippen LogP contribution in [0.4, 0.5) is 11.4 Å². The molecule has 0 saturated heterocycles. The second-order valence-electron chi connectivity index (χ2n) is 6.70. The van der Waals surface area contributed by atoms with Crippen molar-refractivity contribution in [3.05, 3.63) is 47.5 Å². The van der Waals surface area contributed by atoms with Gasteiger partial charge in [-0.3, -0.25) is 9.59 Å². The summed E-state index contributed by atoms with van der Waals surface area (Å²) < 4.78 is 9.00. The van der Waals surface area contributed by atoms with E-state index in [0.717, 1.165) is 12.8 Å². The van der Waals surface area contributed by atoms with Gasteiger partial charge >= 0.3 is 6.21 Å². The van der Waals surface area contributed by atoms with Crippen molar-refractivity contribution in [2.45, 2.75) is 32.2 Å². The highest BCUT2D eigenvalue weighted by molar-refractivity contribution is 6.03. The van der Waals surface area contributed by atoms with Gasteiger partial charge in [-0.25, -0.2) is 0 Å². The van der Waals surface area contributed by atoms with Crippen molar-refractivity contribution in [2.75, 3.05) is 18.2 Å². The van der Waals surface area contributed by atoms with Crippen molar-refractivity contribution >= 4 is 36.1 Å². The molecule has 2 rings (SSSR count). The van der Waals surface area contributed by atoms with Crippen LogP contribution >= 0.6 is 0 Å². The summed E-state index contributed by atoms with van der Waals surface area (Å²) in [7, 11) is 1.54. The highest BCUT2D eigenvalue weighted by atomic mass is 16.5. The van der Waals surface area contributed by atoms with Crippen LogP contribution in [-0.2, 0) is 4.79 Å². The van der Waals surface area contributed by atoms with Gasteiger partial charge < -0.3 is 26.2 Å². The third kappa shape index (κ3) is 5.86. The molecule has 0 aliphatic heterocycles. The molecular formula is C22H27N4O4+. The Hall–Kier alpha value is -3.77. The van der Waals surface area contributed by atoms with Crippen LogP contribution in [0.15, 0.2) is 36.4 Å². The zero-order chi connectivity index (χ0) is 22.1. The molecule has 2 aromatic carbocycles. The van der Waals surface area contributed by atoms with Crippen LogP contribution < -0.4 is 25.8 Å². The SMILES string of the molecule is C=[N+]=Cc1cc(NC(=O)C(CCCC)NC(=O)c2cc(N)ccc2O)ccc1OC. The number of hydrogen-bond donors (Lipinski definition) is 4. The minimum atomic E-state index is -0.787. The molecular weight excluding hydrogens is 384 g/mol. The predicted molar refractivity (Wildman–Crippen MR) is 119 cm³/mol. The van der Waals surface area contributed by atoms with Gasteiger partial charge in [-0.15, -0.1) is 4.67 Å². The fourth-order valence-corrected chi connectivity index (χ4v) is 2.89. The predicted octanol–water partition coefficient (Wildman–Crippen LogP) is 2.10. The van der Waals surface area contributed by atoms with Gasteiger partial charge in [-0.05, 0) is 42.8 Å². The van der Waals surface area contributed by atoms with Gasteiger partial charge in [0.25, 0.3) is 12.6 Å². The molecule has 2 amide bonds. The number of nitrogens with two attached hydrogens (primary N) is 1. The maximum Gasteiger partial charge on any atom is 0.302 e. The Morgan fingerprint density at radius 2 is 2.07 bits per heavy atom.